The first-order valence-electron chi connectivity index (χ1n) is 4.79. The molecule has 16 heavy (non-hydrogen) atoms. The van der Waals surface area contributed by atoms with Gasteiger partial charge in [-0.05, 0) is 12.2 Å². The molecule has 0 radical (unpaired) electrons. The molecule has 1 saturated heterocycles. The fourth-order valence-electron chi connectivity index (χ4n) is 1.79. The highest BCUT2D eigenvalue weighted by Gasteiger charge is 2.36. The minimum absolute atomic E-state index is 0.338. The minimum Gasteiger partial charge on any atom is -0.493 e. The number of carbonyl (C=O) groups is 2. The van der Waals surface area contributed by atoms with Gasteiger partial charge in [0.05, 0.1) is 26.2 Å². The first kappa shape index (κ1) is 10.5. The van der Waals surface area contributed by atoms with Gasteiger partial charge in [-0.3, -0.25) is 10.1 Å². The fourth-order valence-corrected chi connectivity index (χ4v) is 1.79. The standard InChI is InChI=1S/C10H12N2O4/c1-15-7-3-5-6(4-8(7)16-2)11-10(14)12-9(5)13/h3-6H,1-2H3,(H2,11,12,13,14)/t5-,6-/m1/s1. The van der Waals surface area contributed by atoms with Gasteiger partial charge in [0.1, 0.15) is 0 Å². The van der Waals surface area contributed by atoms with Crippen LogP contribution < -0.4 is 10.6 Å². The van der Waals surface area contributed by atoms with Crippen molar-refractivity contribution in [2.45, 2.75) is 6.04 Å². The van der Waals surface area contributed by atoms with E-state index in [-0.39, 0.29) is 11.9 Å². The number of hydrogen-bond donors (Lipinski definition) is 2. The van der Waals surface area contributed by atoms with Gasteiger partial charge in [-0.1, -0.05) is 0 Å². The van der Waals surface area contributed by atoms with Crippen LogP contribution in [0.3, 0.4) is 0 Å². The Kier molecular flexibility index (Phi) is 2.55. The Morgan fingerprint density at radius 3 is 2.38 bits per heavy atom. The number of ether oxygens (including phenoxy) is 2. The lowest BCUT2D eigenvalue weighted by Crippen LogP contribution is -2.57. The van der Waals surface area contributed by atoms with Gasteiger partial charge in [-0.25, -0.2) is 4.79 Å². The zero-order chi connectivity index (χ0) is 11.7. The summed E-state index contributed by atoms with van der Waals surface area (Å²) in [5, 5.41) is 4.83. The Hall–Kier alpha value is -1.98. The predicted molar refractivity (Wildman–Crippen MR) is 54.1 cm³/mol. The molecule has 2 rings (SSSR count). The second-order valence-corrected chi connectivity index (χ2v) is 3.48. The van der Waals surface area contributed by atoms with Crippen molar-refractivity contribution in [3.05, 3.63) is 23.7 Å². The third-order valence-corrected chi connectivity index (χ3v) is 2.57. The molecule has 1 heterocycles. The summed E-state index contributed by atoms with van der Waals surface area (Å²) in [6.07, 6.45) is 3.30. The van der Waals surface area contributed by atoms with Crippen LogP contribution in [0.1, 0.15) is 0 Å². The summed E-state index contributed by atoms with van der Waals surface area (Å²) in [4.78, 5) is 22.7. The van der Waals surface area contributed by atoms with E-state index in [1.165, 1.54) is 14.2 Å². The van der Waals surface area contributed by atoms with E-state index in [0.717, 1.165) is 0 Å². The second-order valence-electron chi connectivity index (χ2n) is 3.48. The maximum atomic E-state index is 11.6. The van der Waals surface area contributed by atoms with E-state index in [4.69, 9.17) is 9.47 Å². The summed E-state index contributed by atoms with van der Waals surface area (Å²) in [5.74, 6) is 0.218. The molecule has 0 unspecified atom stereocenters. The Balaban J connectivity index is 2.31. The van der Waals surface area contributed by atoms with Crippen molar-refractivity contribution in [3.63, 3.8) is 0 Å². The van der Waals surface area contributed by atoms with Crippen LogP contribution in [-0.4, -0.2) is 32.2 Å². The van der Waals surface area contributed by atoms with Gasteiger partial charge in [-0.15, -0.1) is 0 Å². The average Bonchev–Trinajstić information content (AvgIpc) is 2.27. The first-order valence-corrected chi connectivity index (χ1v) is 4.79. The molecule has 2 N–H and O–H groups in total. The topological polar surface area (TPSA) is 76.7 Å². The SMILES string of the molecule is COC1=C[C@H]2NC(=O)NC(=O)[C@@H]2C=C1OC. The molecular weight excluding hydrogens is 212 g/mol. The lowest BCUT2D eigenvalue weighted by atomic mass is 9.91. The summed E-state index contributed by atoms with van der Waals surface area (Å²) in [5.41, 5.74) is 0. The molecule has 1 fully saturated rings. The Morgan fingerprint density at radius 2 is 1.75 bits per heavy atom. The monoisotopic (exact) mass is 224 g/mol. The molecule has 1 aliphatic heterocycles. The summed E-state index contributed by atoms with van der Waals surface area (Å²) in [7, 11) is 3.00. The number of imide groups is 1. The Labute approximate surface area is 92.3 Å². The second kappa shape index (κ2) is 3.88. The van der Waals surface area contributed by atoms with E-state index in [9.17, 15) is 9.59 Å². The van der Waals surface area contributed by atoms with Crippen molar-refractivity contribution in [3.8, 4) is 0 Å². The molecule has 86 valence electrons. The van der Waals surface area contributed by atoms with Crippen LogP contribution in [0.4, 0.5) is 4.79 Å². The van der Waals surface area contributed by atoms with E-state index in [2.05, 4.69) is 10.6 Å². The zero-order valence-corrected chi connectivity index (χ0v) is 8.94. The molecule has 2 atom stereocenters. The predicted octanol–water partition coefficient (Wildman–Crippen LogP) is -0.115. The highest BCUT2D eigenvalue weighted by Crippen LogP contribution is 2.25. The molecular formula is C10H12N2O4. The van der Waals surface area contributed by atoms with Crippen molar-refractivity contribution in [1.82, 2.24) is 10.6 Å². The van der Waals surface area contributed by atoms with Crippen molar-refractivity contribution >= 4 is 11.9 Å². The molecule has 0 aromatic heterocycles. The van der Waals surface area contributed by atoms with Gasteiger partial charge in [0.25, 0.3) is 0 Å². The van der Waals surface area contributed by atoms with Gasteiger partial charge in [0.2, 0.25) is 5.91 Å². The summed E-state index contributed by atoms with van der Waals surface area (Å²) in [6, 6.07) is -0.873. The summed E-state index contributed by atoms with van der Waals surface area (Å²) < 4.78 is 10.2. The number of fused-ring (bicyclic) bond motifs is 1. The maximum absolute atomic E-state index is 11.6. The van der Waals surface area contributed by atoms with E-state index < -0.39 is 11.9 Å². The highest BCUT2D eigenvalue weighted by atomic mass is 16.5. The van der Waals surface area contributed by atoms with Crippen molar-refractivity contribution in [2.75, 3.05) is 14.2 Å². The fraction of sp³-hybridized carbons (Fsp3) is 0.400. The maximum Gasteiger partial charge on any atom is 0.321 e. The number of nitrogens with one attached hydrogen (secondary N) is 2. The molecule has 0 aromatic rings. The molecule has 2 aliphatic rings. The third-order valence-electron chi connectivity index (χ3n) is 2.57. The van der Waals surface area contributed by atoms with Crippen molar-refractivity contribution in [2.24, 2.45) is 5.92 Å². The minimum atomic E-state index is -0.493. The van der Waals surface area contributed by atoms with E-state index >= 15 is 0 Å². The number of urea groups is 1. The van der Waals surface area contributed by atoms with E-state index in [1.807, 2.05) is 0 Å². The average molecular weight is 224 g/mol. The van der Waals surface area contributed by atoms with Crippen LogP contribution in [0.15, 0.2) is 23.7 Å². The quantitative estimate of drug-likeness (QED) is 0.685. The van der Waals surface area contributed by atoms with Gasteiger partial charge < -0.3 is 14.8 Å². The smallest absolute Gasteiger partial charge is 0.321 e. The molecule has 0 spiro atoms. The van der Waals surface area contributed by atoms with E-state index in [0.29, 0.717) is 11.5 Å². The lowest BCUT2D eigenvalue weighted by Gasteiger charge is -2.31. The van der Waals surface area contributed by atoms with Gasteiger partial charge in [-0.2, -0.15) is 0 Å². The molecule has 0 aromatic carbocycles. The van der Waals surface area contributed by atoms with Crippen LogP contribution in [0.5, 0.6) is 0 Å². The van der Waals surface area contributed by atoms with Crippen molar-refractivity contribution in [1.29, 1.82) is 0 Å². The number of amides is 3. The molecule has 6 heteroatoms. The molecule has 1 aliphatic carbocycles. The molecule has 6 nitrogen and oxygen atoms in total. The molecule has 0 saturated carbocycles. The number of hydrogen-bond acceptors (Lipinski definition) is 4. The summed E-state index contributed by atoms with van der Waals surface area (Å²) >= 11 is 0. The van der Waals surface area contributed by atoms with Crippen LogP contribution in [-0.2, 0) is 14.3 Å². The number of methoxy groups -OCH3 is 2. The molecule has 0 bridgehead atoms. The largest absolute Gasteiger partial charge is 0.493 e. The molecule has 3 amide bonds. The van der Waals surface area contributed by atoms with Crippen LogP contribution in [0, 0.1) is 5.92 Å². The highest BCUT2D eigenvalue weighted by molar-refractivity contribution is 6.00. The Morgan fingerprint density at radius 1 is 1.12 bits per heavy atom. The third kappa shape index (κ3) is 1.62. The zero-order valence-electron chi connectivity index (χ0n) is 8.94. The van der Waals surface area contributed by atoms with Crippen LogP contribution >= 0.6 is 0 Å². The van der Waals surface area contributed by atoms with Crippen LogP contribution in [0.25, 0.3) is 0 Å². The van der Waals surface area contributed by atoms with Gasteiger partial charge >= 0.3 is 6.03 Å². The normalized spacial score (nSPS) is 28.1. The summed E-state index contributed by atoms with van der Waals surface area (Å²) in [6.45, 7) is 0. The van der Waals surface area contributed by atoms with Gasteiger partial charge in [0, 0.05) is 0 Å². The lowest BCUT2D eigenvalue weighted by molar-refractivity contribution is -0.123. The number of rotatable bonds is 2. The van der Waals surface area contributed by atoms with Crippen molar-refractivity contribution < 1.29 is 19.1 Å². The first-order chi connectivity index (χ1) is 7.65. The van der Waals surface area contributed by atoms with Crippen LogP contribution in [0.2, 0.25) is 0 Å². The van der Waals surface area contributed by atoms with Gasteiger partial charge in [0.15, 0.2) is 11.5 Å². The Bertz CT molecular complexity index is 400. The van der Waals surface area contributed by atoms with E-state index in [1.54, 1.807) is 12.2 Å². The number of carbonyl (C=O) groups excluding carboxylic acids is 2.